The van der Waals surface area contributed by atoms with Crippen LogP contribution in [0.1, 0.15) is 59.8 Å². The largest absolute Gasteiger partial charge is 0.463 e. The van der Waals surface area contributed by atoms with Gasteiger partial charge in [-0.3, -0.25) is 14.4 Å². The number of ether oxygens (including phenoxy) is 2. The van der Waals surface area contributed by atoms with Crippen molar-refractivity contribution in [2.24, 2.45) is 11.8 Å². The first-order valence-electron chi connectivity index (χ1n) is 9.99. The Morgan fingerprint density at radius 2 is 1.82 bits per heavy atom. The first kappa shape index (κ1) is 23.9. The topological polar surface area (TPSA) is 72.9 Å². The Morgan fingerprint density at radius 3 is 2.39 bits per heavy atom. The van der Waals surface area contributed by atoms with E-state index in [1.165, 1.54) is 0 Å². The van der Waals surface area contributed by atoms with Crippen LogP contribution in [0.4, 0.5) is 0 Å². The van der Waals surface area contributed by atoms with Crippen molar-refractivity contribution >= 4 is 17.8 Å². The van der Waals surface area contributed by atoms with Crippen molar-refractivity contribution in [1.82, 2.24) is 4.90 Å². The van der Waals surface area contributed by atoms with Crippen molar-refractivity contribution < 1.29 is 23.9 Å². The lowest BCUT2D eigenvalue weighted by Gasteiger charge is -2.29. The fourth-order valence-electron chi connectivity index (χ4n) is 3.26. The molecule has 28 heavy (non-hydrogen) atoms. The van der Waals surface area contributed by atoms with Crippen molar-refractivity contribution in [1.29, 1.82) is 0 Å². The molecule has 1 aliphatic heterocycles. The van der Waals surface area contributed by atoms with Crippen molar-refractivity contribution in [2.45, 2.75) is 71.4 Å². The minimum absolute atomic E-state index is 0.0154. The van der Waals surface area contributed by atoms with E-state index in [-0.39, 0.29) is 36.9 Å². The average molecular weight is 394 g/mol. The third kappa shape index (κ3) is 7.87. The molecule has 1 unspecified atom stereocenters. The van der Waals surface area contributed by atoms with Gasteiger partial charge in [0, 0.05) is 6.54 Å². The normalized spacial score (nSPS) is 18.9. The summed E-state index contributed by atoms with van der Waals surface area (Å²) in [5.41, 5.74) is -0.592. The molecule has 6 heteroatoms. The van der Waals surface area contributed by atoms with Gasteiger partial charge >= 0.3 is 11.9 Å². The second kappa shape index (κ2) is 11.0. The number of allylic oxidation sites excluding steroid dienone is 2. The zero-order valence-corrected chi connectivity index (χ0v) is 17.7. The lowest BCUT2D eigenvalue weighted by molar-refractivity contribution is -0.159. The molecule has 158 valence electrons. The molecule has 0 saturated carbocycles. The van der Waals surface area contributed by atoms with Gasteiger partial charge in [-0.25, -0.2) is 0 Å². The van der Waals surface area contributed by atoms with E-state index in [0.29, 0.717) is 19.4 Å². The number of hydrogen-bond acceptors (Lipinski definition) is 5. The van der Waals surface area contributed by atoms with E-state index in [0.717, 1.165) is 12.8 Å². The van der Waals surface area contributed by atoms with E-state index in [4.69, 9.17) is 9.47 Å². The summed E-state index contributed by atoms with van der Waals surface area (Å²) in [5.74, 6) is -1.54. The standard InChI is InChI=1S/C22H35NO5/c1-7-10-16(3)21(26)27-15-18-12-9-13-23(18)20(25)17(11-8-2)14-19(24)28-22(4,5)6/h7-8,16-18H,1-2,9-15H2,3-6H3/t16-,17?,18-/m0/s1. The van der Waals surface area contributed by atoms with Gasteiger partial charge in [-0.05, 0) is 46.5 Å². The van der Waals surface area contributed by atoms with Crippen molar-refractivity contribution in [2.75, 3.05) is 13.2 Å². The first-order chi connectivity index (χ1) is 13.1. The number of carbonyl (C=O) groups is 3. The van der Waals surface area contributed by atoms with Gasteiger partial charge in [0.05, 0.1) is 24.3 Å². The molecule has 1 saturated heterocycles. The van der Waals surface area contributed by atoms with Crippen LogP contribution in [0.15, 0.2) is 25.3 Å². The molecule has 0 radical (unpaired) electrons. The molecule has 1 heterocycles. The maximum Gasteiger partial charge on any atom is 0.309 e. The molecule has 0 bridgehead atoms. The minimum Gasteiger partial charge on any atom is -0.463 e. The molecule has 1 rings (SSSR count). The highest BCUT2D eigenvalue weighted by molar-refractivity contribution is 5.84. The van der Waals surface area contributed by atoms with Gasteiger partial charge in [0.2, 0.25) is 5.91 Å². The van der Waals surface area contributed by atoms with Gasteiger partial charge in [-0.2, -0.15) is 0 Å². The summed E-state index contributed by atoms with van der Waals surface area (Å²) in [4.78, 5) is 39.0. The molecule has 0 N–H and O–H groups in total. The molecule has 0 aromatic rings. The van der Waals surface area contributed by atoms with E-state index in [9.17, 15) is 14.4 Å². The quantitative estimate of drug-likeness (QED) is 0.418. The highest BCUT2D eigenvalue weighted by Crippen LogP contribution is 2.24. The monoisotopic (exact) mass is 393 g/mol. The van der Waals surface area contributed by atoms with Crippen LogP contribution in [0.3, 0.4) is 0 Å². The molecule has 1 amide bonds. The molecule has 6 nitrogen and oxygen atoms in total. The summed E-state index contributed by atoms with van der Waals surface area (Å²) in [6.45, 7) is 15.3. The van der Waals surface area contributed by atoms with Crippen molar-refractivity contribution in [3.8, 4) is 0 Å². The second-order valence-corrected chi connectivity index (χ2v) is 8.40. The highest BCUT2D eigenvalue weighted by Gasteiger charge is 2.35. The minimum atomic E-state index is -0.592. The zero-order chi connectivity index (χ0) is 21.3. The number of esters is 2. The van der Waals surface area contributed by atoms with Crippen LogP contribution in [0.5, 0.6) is 0 Å². The Morgan fingerprint density at radius 1 is 1.18 bits per heavy atom. The lowest BCUT2D eigenvalue weighted by Crippen LogP contribution is -2.43. The van der Waals surface area contributed by atoms with Crippen LogP contribution in [0, 0.1) is 11.8 Å². The van der Waals surface area contributed by atoms with Crippen LogP contribution >= 0.6 is 0 Å². The van der Waals surface area contributed by atoms with E-state index < -0.39 is 17.5 Å². The summed E-state index contributed by atoms with van der Waals surface area (Å²) in [6.07, 6.45) is 5.94. The van der Waals surface area contributed by atoms with Gasteiger partial charge < -0.3 is 14.4 Å². The van der Waals surface area contributed by atoms with E-state index >= 15 is 0 Å². The maximum absolute atomic E-state index is 13.0. The van der Waals surface area contributed by atoms with Gasteiger partial charge in [0.15, 0.2) is 0 Å². The zero-order valence-electron chi connectivity index (χ0n) is 17.7. The predicted octanol–water partition coefficient (Wildman–Crippen LogP) is 3.66. The summed E-state index contributed by atoms with van der Waals surface area (Å²) in [7, 11) is 0. The Kier molecular flexibility index (Phi) is 9.42. The van der Waals surface area contributed by atoms with E-state index in [1.807, 2.05) is 0 Å². The smallest absolute Gasteiger partial charge is 0.309 e. The summed E-state index contributed by atoms with van der Waals surface area (Å²) in [6, 6.07) is -0.154. The molecular formula is C22H35NO5. The molecule has 0 aromatic heterocycles. The fraction of sp³-hybridized carbons (Fsp3) is 0.682. The van der Waals surface area contributed by atoms with Crippen LogP contribution in [0.25, 0.3) is 0 Å². The van der Waals surface area contributed by atoms with Crippen LogP contribution in [0.2, 0.25) is 0 Å². The molecule has 1 aliphatic rings. The van der Waals surface area contributed by atoms with Crippen LogP contribution in [-0.2, 0) is 23.9 Å². The maximum atomic E-state index is 13.0. The molecule has 1 fully saturated rings. The Balaban J connectivity index is 2.71. The first-order valence-corrected chi connectivity index (χ1v) is 9.99. The summed E-state index contributed by atoms with van der Waals surface area (Å²) in [5, 5.41) is 0. The van der Waals surface area contributed by atoms with Crippen LogP contribution in [-0.4, -0.2) is 47.5 Å². The predicted molar refractivity (Wildman–Crippen MR) is 108 cm³/mol. The molecule has 3 atom stereocenters. The summed E-state index contributed by atoms with van der Waals surface area (Å²) >= 11 is 0. The van der Waals surface area contributed by atoms with E-state index in [2.05, 4.69) is 13.2 Å². The number of likely N-dealkylation sites (tertiary alicyclic amines) is 1. The van der Waals surface area contributed by atoms with Crippen molar-refractivity contribution in [3.63, 3.8) is 0 Å². The van der Waals surface area contributed by atoms with Crippen molar-refractivity contribution in [3.05, 3.63) is 25.3 Å². The number of nitrogens with zero attached hydrogens (tertiary/aromatic N) is 1. The molecular weight excluding hydrogens is 358 g/mol. The number of carbonyl (C=O) groups excluding carboxylic acids is 3. The van der Waals surface area contributed by atoms with Gasteiger partial charge in [-0.1, -0.05) is 19.1 Å². The Bertz CT molecular complexity index is 578. The Labute approximate surface area is 168 Å². The molecule has 0 aromatic carbocycles. The van der Waals surface area contributed by atoms with Crippen LogP contribution < -0.4 is 0 Å². The third-order valence-corrected chi connectivity index (χ3v) is 4.63. The highest BCUT2D eigenvalue weighted by atomic mass is 16.6. The Hall–Kier alpha value is -2.11. The molecule has 0 aliphatic carbocycles. The summed E-state index contributed by atoms with van der Waals surface area (Å²) < 4.78 is 10.8. The number of amides is 1. The second-order valence-electron chi connectivity index (χ2n) is 8.40. The van der Waals surface area contributed by atoms with Gasteiger partial charge in [0.25, 0.3) is 0 Å². The lowest BCUT2D eigenvalue weighted by atomic mass is 9.99. The molecule has 0 spiro atoms. The fourth-order valence-corrected chi connectivity index (χ4v) is 3.26. The number of hydrogen-bond donors (Lipinski definition) is 0. The number of rotatable bonds is 10. The SMILES string of the molecule is C=CCC(CC(=O)OC(C)(C)C)C(=O)N1CCC[C@H]1COC(=O)[C@@H](C)CC=C. The van der Waals surface area contributed by atoms with E-state index in [1.54, 1.807) is 44.7 Å². The van der Waals surface area contributed by atoms with Gasteiger partial charge in [0.1, 0.15) is 12.2 Å². The van der Waals surface area contributed by atoms with Gasteiger partial charge in [-0.15, -0.1) is 13.2 Å². The average Bonchev–Trinajstić information content (AvgIpc) is 3.05. The third-order valence-electron chi connectivity index (χ3n) is 4.63.